The summed E-state index contributed by atoms with van der Waals surface area (Å²) in [7, 11) is 3.27. The lowest BCUT2D eigenvalue weighted by atomic mass is 10.1. The molecule has 0 bridgehead atoms. The topological polar surface area (TPSA) is 61.4 Å². The summed E-state index contributed by atoms with van der Waals surface area (Å²) in [6.07, 6.45) is 0.298. The van der Waals surface area contributed by atoms with Gasteiger partial charge in [-0.2, -0.15) is 0 Å². The zero-order valence-corrected chi connectivity index (χ0v) is 12.8. The first-order valence-electron chi connectivity index (χ1n) is 6.58. The number of anilines is 1. The van der Waals surface area contributed by atoms with Crippen molar-refractivity contribution in [3.05, 3.63) is 29.8 Å². The molecule has 0 radical (unpaired) electrons. The first-order chi connectivity index (χ1) is 9.23. The number of urea groups is 1. The molecule has 0 atom stereocenters. The molecule has 0 unspecified atom stereocenters. The monoisotopic (exact) mass is 277 g/mol. The number of nitrogens with one attached hydrogen (secondary N) is 2. The Morgan fingerprint density at radius 1 is 1.25 bits per heavy atom. The lowest BCUT2D eigenvalue weighted by Crippen LogP contribution is -2.41. The maximum atomic E-state index is 11.9. The third-order valence-corrected chi connectivity index (χ3v) is 2.70. The molecule has 20 heavy (non-hydrogen) atoms. The van der Waals surface area contributed by atoms with Gasteiger partial charge in [-0.15, -0.1) is 0 Å². The van der Waals surface area contributed by atoms with Crippen LogP contribution in [0.3, 0.4) is 0 Å². The Labute approximate surface area is 120 Å². The minimum atomic E-state index is -0.242. The predicted octanol–water partition coefficient (Wildman–Crippen LogP) is 1.92. The molecule has 110 valence electrons. The van der Waals surface area contributed by atoms with E-state index >= 15 is 0 Å². The quantitative estimate of drug-likeness (QED) is 0.886. The van der Waals surface area contributed by atoms with Crippen LogP contribution in [0.2, 0.25) is 0 Å². The molecule has 3 amide bonds. The second kappa shape index (κ2) is 6.41. The highest BCUT2D eigenvalue weighted by Gasteiger charge is 2.15. The molecule has 0 aliphatic rings. The van der Waals surface area contributed by atoms with Crippen LogP contribution in [0.5, 0.6) is 0 Å². The van der Waals surface area contributed by atoms with Crippen molar-refractivity contribution in [1.82, 2.24) is 10.6 Å². The first-order valence-corrected chi connectivity index (χ1v) is 6.58. The second-order valence-corrected chi connectivity index (χ2v) is 5.76. The van der Waals surface area contributed by atoms with Crippen molar-refractivity contribution in [2.45, 2.75) is 32.7 Å². The van der Waals surface area contributed by atoms with E-state index in [0.29, 0.717) is 6.42 Å². The van der Waals surface area contributed by atoms with Gasteiger partial charge >= 0.3 is 6.03 Å². The van der Waals surface area contributed by atoms with E-state index < -0.39 is 0 Å². The van der Waals surface area contributed by atoms with Crippen molar-refractivity contribution in [3.63, 3.8) is 0 Å². The Kier molecular flexibility index (Phi) is 5.13. The van der Waals surface area contributed by atoms with Gasteiger partial charge in [0, 0.05) is 25.3 Å². The van der Waals surface area contributed by atoms with Gasteiger partial charge in [0.05, 0.1) is 6.42 Å². The molecule has 5 nitrogen and oxygen atoms in total. The number of hydrogen-bond acceptors (Lipinski definition) is 2. The summed E-state index contributed by atoms with van der Waals surface area (Å²) in [5, 5.41) is 5.48. The van der Waals surface area contributed by atoms with Gasteiger partial charge in [-0.05, 0) is 38.5 Å². The molecule has 1 aromatic rings. The van der Waals surface area contributed by atoms with Gasteiger partial charge in [-0.1, -0.05) is 12.1 Å². The van der Waals surface area contributed by atoms with Gasteiger partial charge in [0.2, 0.25) is 5.91 Å². The molecule has 1 rings (SSSR count). The van der Waals surface area contributed by atoms with Crippen LogP contribution in [0.25, 0.3) is 0 Å². The van der Waals surface area contributed by atoms with Gasteiger partial charge in [-0.3, -0.25) is 9.69 Å². The van der Waals surface area contributed by atoms with Crippen molar-refractivity contribution in [2.75, 3.05) is 19.0 Å². The fourth-order valence-electron chi connectivity index (χ4n) is 1.81. The van der Waals surface area contributed by atoms with Gasteiger partial charge in [0.1, 0.15) is 0 Å². The Hall–Kier alpha value is -2.04. The average molecular weight is 277 g/mol. The van der Waals surface area contributed by atoms with Gasteiger partial charge in [0.15, 0.2) is 0 Å². The van der Waals surface area contributed by atoms with Crippen LogP contribution in [-0.2, 0) is 11.2 Å². The SMILES string of the molecule is CNC(=O)N(C)c1cccc(CC(=O)NC(C)(C)C)c1. The molecule has 0 saturated carbocycles. The maximum absolute atomic E-state index is 11.9. The lowest BCUT2D eigenvalue weighted by molar-refractivity contribution is -0.121. The van der Waals surface area contributed by atoms with Crippen molar-refractivity contribution < 1.29 is 9.59 Å². The first kappa shape index (κ1) is 16.0. The molecular formula is C15H23N3O2. The van der Waals surface area contributed by atoms with Crippen molar-refractivity contribution in [1.29, 1.82) is 0 Å². The summed E-state index contributed by atoms with van der Waals surface area (Å²) in [4.78, 5) is 25.0. The van der Waals surface area contributed by atoms with Crippen molar-refractivity contribution >= 4 is 17.6 Å². The zero-order valence-electron chi connectivity index (χ0n) is 12.8. The number of carbonyl (C=O) groups excluding carboxylic acids is 2. The minimum absolute atomic E-state index is 0.0303. The van der Waals surface area contributed by atoms with Crippen LogP contribution in [0.15, 0.2) is 24.3 Å². The third kappa shape index (κ3) is 4.91. The number of nitrogens with zero attached hydrogens (tertiary/aromatic N) is 1. The summed E-state index contributed by atoms with van der Waals surface area (Å²) >= 11 is 0. The maximum Gasteiger partial charge on any atom is 0.321 e. The molecule has 5 heteroatoms. The largest absolute Gasteiger partial charge is 0.351 e. The number of benzene rings is 1. The number of rotatable bonds is 3. The highest BCUT2D eigenvalue weighted by Crippen LogP contribution is 2.15. The molecule has 0 heterocycles. The fourth-order valence-corrected chi connectivity index (χ4v) is 1.81. The summed E-state index contributed by atoms with van der Waals surface area (Å²) < 4.78 is 0. The average Bonchev–Trinajstić information content (AvgIpc) is 2.34. The Balaban J connectivity index is 2.78. The Morgan fingerprint density at radius 2 is 1.90 bits per heavy atom. The van der Waals surface area contributed by atoms with Crippen LogP contribution < -0.4 is 15.5 Å². The van der Waals surface area contributed by atoms with Crippen LogP contribution in [0, 0.1) is 0 Å². The highest BCUT2D eigenvalue weighted by molar-refractivity contribution is 5.91. The smallest absolute Gasteiger partial charge is 0.321 e. The molecule has 0 aromatic heterocycles. The normalized spacial score (nSPS) is 10.8. The number of hydrogen-bond donors (Lipinski definition) is 2. The molecule has 2 N–H and O–H groups in total. The van der Waals surface area contributed by atoms with Crippen LogP contribution in [0.4, 0.5) is 10.5 Å². The fraction of sp³-hybridized carbons (Fsp3) is 0.467. The molecule has 0 spiro atoms. The third-order valence-electron chi connectivity index (χ3n) is 2.70. The summed E-state index contributed by atoms with van der Waals surface area (Å²) in [5.74, 6) is -0.0303. The van der Waals surface area contributed by atoms with E-state index in [9.17, 15) is 9.59 Å². The van der Waals surface area contributed by atoms with E-state index in [-0.39, 0.29) is 17.5 Å². The second-order valence-electron chi connectivity index (χ2n) is 5.76. The summed E-state index contributed by atoms with van der Waals surface area (Å²) in [6.45, 7) is 5.84. The molecule has 0 aliphatic heterocycles. The van der Waals surface area contributed by atoms with Crippen LogP contribution in [-0.4, -0.2) is 31.6 Å². The van der Waals surface area contributed by atoms with E-state index in [1.807, 2.05) is 45.0 Å². The number of amides is 3. The highest BCUT2D eigenvalue weighted by atomic mass is 16.2. The van der Waals surface area contributed by atoms with E-state index in [2.05, 4.69) is 10.6 Å². The molecule has 0 fully saturated rings. The predicted molar refractivity (Wildman–Crippen MR) is 80.9 cm³/mol. The summed E-state index contributed by atoms with van der Waals surface area (Å²) in [5.41, 5.74) is 1.39. The van der Waals surface area contributed by atoms with Gasteiger partial charge < -0.3 is 10.6 Å². The number of carbonyl (C=O) groups is 2. The van der Waals surface area contributed by atoms with Gasteiger partial charge in [0.25, 0.3) is 0 Å². The van der Waals surface area contributed by atoms with Gasteiger partial charge in [-0.25, -0.2) is 4.79 Å². The van der Waals surface area contributed by atoms with E-state index in [1.165, 1.54) is 4.90 Å². The van der Waals surface area contributed by atoms with Crippen molar-refractivity contribution in [3.8, 4) is 0 Å². The van der Waals surface area contributed by atoms with E-state index in [0.717, 1.165) is 11.3 Å². The molecule has 0 aliphatic carbocycles. The van der Waals surface area contributed by atoms with E-state index in [4.69, 9.17) is 0 Å². The zero-order chi connectivity index (χ0) is 15.3. The standard InChI is InChI=1S/C15H23N3O2/c1-15(2,3)17-13(19)10-11-7-6-8-12(9-11)18(5)14(20)16-4/h6-9H,10H2,1-5H3,(H,16,20)(H,17,19). The molecule has 1 aromatic carbocycles. The molecular weight excluding hydrogens is 254 g/mol. The van der Waals surface area contributed by atoms with Crippen molar-refractivity contribution in [2.24, 2.45) is 0 Å². The summed E-state index contributed by atoms with van der Waals surface area (Å²) in [6, 6.07) is 7.21. The van der Waals surface area contributed by atoms with Crippen LogP contribution >= 0.6 is 0 Å². The van der Waals surface area contributed by atoms with Crippen LogP contribution in [0.1, 0.15) is 26.3 Å². The molecule has 0 saturated heterocycles. The Bertz CT molecular complexity index is 492. The Morgan fingerprint density at radius 3 is 2.45 bits per heavy atom. The van der Waals surface area contributed by atoms with E-state index in [1.54, 1.807) is 14.1 Å². The minimum Gasteiger partial charge on any atom is -0.351 e. The lowest BCUT2D eigenvalue weighted by Gasteiger charge is -2.21.